The average Bonchev–Trinajstić information content (AvgIpc) is 2.87. The quantitative estimate of drug-likeness (QED) is 0.463. The molecule has 7 nitrogen and oxygen atoms in total. The van der Waals surface area contributed by atoms with Crippen LogP contribution in [0.2, 0.25) is 5.02 Å². The molecule has 0 spiro atoms. The number of piperazine rings is 1. The Hall–Kier alpha value is -3.20. The van der Waals surface area contributed by atoms with Crippen molar-refractivity contribution in [2.24, 2.45) is 0 Å². The van der Waals surface area contributed by atoms with E-state index in [4.69, 9.17) is 16.3 Å². The molecule has 0 atom stereocenters. The number of rotatable bonds is 7. The minimum absolute atomic E-state index is 0.0868. The highest BCUT2D eigenvalue weighted by atomic mass is 35.5. The van der Waals surface area contributed by atoms with Crippen LogP contribution in [0.1, 0.15) is 11.3 Å². The molecule has 0 saturated carbocycles. The maximum Gasteiger partial charge on any atom is 0.246 e. The Kier molecular flexibility index (Phi) is 7.62. The van der Waals surface area contributed by atoms with Gasteiger partial charge in [0.2, 0.25) is 15.9 Å². The van der Waals surface area contributed by atoms with E-state index in [1.807, 2.05) is 42.5 Å². The van der Waals surface area contributed by atoms with Crippen molar-refractivity contribution in [3.05, 3.63) is 95.3 Å². The van der Waals surface area contributed by atoms with Crippen molar-refractivity contribution >= 4 is 33.6 Å². The topological polar surface area (TPSA) is 79.8 Å². The van der Waals surface area contributed by atoms with Gasteiger partial charge in [0, 0.05) is 38.5 Å². The van der Waals surface area contributed by atoms with Gasteiger partial charge in [0.05, 0.1) is 10.7 Å². The lowest BCUT2D eigenvalue weighted by Crippen LogP contribution is -2.50. The molecule has 0 N–H and O–H groups in total. The first kappa shape index (κ1) is 23.9. The molecule has 1 aliphatic heterocycles. The van der Waals surface area contributed by atoms with Gasteiger partial charge in [-0.1, -0.05) is 41.9 Å². The van der Waals surface area contributed by atoms with Crippen LogP contribution in [0.3, 0.4) is 0 Å². The van der Waals surface area contributed by atoms with Crippen molar-refractivity contribution in [1.82, 2.24) is 14.2 Å². The molecule has 2 aromatic carbocycles. The summed E-state index contributed by atoms with van der Waals surface area (Å²) in [4.78, 5) is 18.5. The van der Waals surface area contributed by atoms with Crippen LogP contribution in [0, 0.1) is 0 Å². The van der Waals surface area contributed by atoms with Gasteiger partial charge in [0.25, 0.3) is 0 Å². The zero-order chi connectivity index (χ0) is 24.0. The molecule has 0 bridgehead atoms. The summed E-state index contributed by atoms with van der Waals surface area (Å²) in [5.74, 6) is 0.551. The zero-order valence-corrected chi connectivity index (χ0v) is 20.0. The number of amides is 1. The van der Waals surface area contributed by atoms with Crippen LogP contribution in [-0.4, -0.2) is 54.7 Å². The Bertz CT molecular complexity index is 1260. The lowest BCUT2D eigenvalue weighted by molar-refractivity contribution is -0.127. The van der Waals surface area contributed by atoms with E-state index in [0.29, 0.717) is 25.4 Å². The summed E-state index contributed by atoms with van der Waals surface area (Å²) in [6, 6.07) is 19.5. The lowest BCUT2D eigenvalue weighted by Gasteiger charge is -2.33. The van der Waals surface area contributed by atoms with Crippen LogP contribution >= 0.6 is 11.6 Å². The van der Waals surface area contributed by atoms with Gasteiger partial charge >= 0.3 is 0 Å². The smallest absolute Gasteiger partial charge is 0.246 e. The Morgan fingerprint density at radius 2 is 1.68 bits per heavy atom. The van der Waals surface area contributed by atoms with E-state index in [-0.39, 0.29) is 28.9 Å². The molecule has 9 heteroatoms. The third-order valence-corrected chi connectivity index (χ3v) is 7.81. The van der Waals surface area contributed by atoms with Gasteiger partial charge in [-0.05, 0) is 48.0 Å². The normalized spacial score (nSPS) is 14.9. The van der Waals surface area contributed by atoms with Gasteiger partial charge in [0.15, 0.2) is 0 Å². The molecule has 1 amide bonds. The molecule has 0 unspecified atom stereocenters. The second-order valence-corrected chi connectivity index (χ2v) is 9.99. The van der Waals surface area contributed by atoms with E-state index in [0.717, 1.165) is 11.3 Å². The Balaban J connectivity index is 1.29. The summed E-state index contributed by atoms with van der Waals surface area (Å²) < 4.78 is 32.8. The SMILES string of the molecule is O=C(/C=C/c1ccc(OCc2ccccn2)cc1)N1CCN(S(=O)(=O)c2ccccc2Cl)CC1. The number of ether oxygens (including phenoxy) is 1. The largest absolute Gasteiger partial charge is 0.487 e. The van der Waals surface area contributed by atoms with Crippen LogP contribution in [0.4, 0.5) is 0 Å². The van der Waals surface area contributed by atoms with Crippen LogP contribution in [0.5, 0.6) is 5.75 Å². The fraction of sp³-hybridized carbons (Fsp3) is 0.200. The van der Waals surface area contributed by atoms with E-state index in [1.165, 1.54) is 16.4 Å². The highest BCUT2D eigenvalue weighted by molar-refractivity contribution is 7.89. The first-order valence-corrected chi connectivity index (χ1v) is 12.6. The summed E-state index contributed by atoms with van der Waals surface area (Å²) in [7, 11) is -3.69. The fourth-order valence-electron chi connectivity index (χ4n) is 3.53. The van der Waals surface area contributed by atoms with E-state index in [9.17, 15) is 13.2 Å². The van der Waals surface area contributed by atoms with Crippen molar-refractivity contribution in [1.29, 1.82) is 0 Å². The zero-order valence-electron chi connectivity index (χ0n) is 18.4. The van der Waals surface area contributed by atoms with Gasteiger partial charge in [0.1, 0.15) is 17.3 Å². The fourth-order valence-corrected chi connectivity index (χ4v) is 5.45. The number of hydrogen-bond donors (Lipinski definition) is 0. The summed E-state index contributed by atoms with van der Waals surface area (Å²) in [6.45, 7) is 1.44. The van der Waals surface area contributed by atoms with E-state index in [1.54, 1.807) is 35.4 Å². The van der Waals surface area contributed by atoms with E-state index < -0.39 is 10.0 Å². The van der Waals surface area contributed by atoms with Crippen molar-refractivity contribution in [3.63, 3.8) is 0 Å². The lowest BCUT2D eigenvalue weighted by atomic mass is 10.2. The standard InChI is InChI=1S/C25H24ClN3O4S/c26-23-6-1-2-7-24(23)34(31,32)29-17-15-28(16-18-29)25(30)13-10-20-8-11-22(12-9-20)33-19-21-5-3-4-14-27-21/h1-14H,15-19H2/b13-10+. The first-order chi connectivity index (χ1) is 16.4. The minimum atomic E-state index is -3.69. The van der Waals surface area contributed by atoms with Crippen LogP contribution in [0.25, 0.3) is 6.08 Å². The van der Waals surface area contributed by atoms with Crippen LogP contribution in [0.15, 0.2) is 83.9 Å². The Morgan fingerprint density at radius 3 is 2.35 bits per heavy atom. The van der Waals surface area contributed by atoms with Crippen molar-refractivity contribution in [3.8, 4) is 5.75 Å². The highest BCUT2D eigenvalue weighted by Crippen LogP contribution is 2.25. The van der Waals surface area contributed by atoms with Gasteiger partial charge in [-0.2, -0.15) is 4.31 Å². The number of benzene rings is 2. The Labute approximate surface area is 204 Å². The molecule has 176 valence electrons. The van der Waals surface area contributed by atoms with E-state index in [2.05, 4.69) is 4.98 Å². The maximum absolute atomic E-state index is 12.9. The summed E-state index contributed by atoms with van der Waals surface area (Å²) in [5.41, 5.74) is 1.70. The molecule has 1 fully saturated rings. The summed E-state index contributed by atoms with van der Waals surface area (Å²) in [6.07, 6.45) is 4.96. The summed E-state index contributed by atoms with van der Waals surface area (Å²) in [5, 5.41) is 0.192. The average molecular weight is 498 g/mol. The molecular weight excluding hydrogens is 474 g/mol. The molecule has 2 heterocycles. The third kappa shape index (κ3) is 5.83. The van der Waals surface area contributed by atoms with Gasteiger partial charge in [-0.3, -0.25) is 9.78 Å². The predicted molar refractivity (Wildman–Crippen MR) is 131 cm³/mol. The molecule has 4 rings (SSSR count). The van der Waals surface area contributed by atoms with Gasteiger partial charge in [-0.25, -0.2) is 8.42 Å². The number of sulfonamides is 1. The molecular formula is C25H24ClN3O4S. The van der Waals surface area contributed by atoms with Crippen LogP contribution < -0.4 is 4.74 Å². The van der Waals surface area contributed by atoms with E-state index >= 15 is 0 Å². The van der Waals surface area contributed by atoms with Gasteiger partial charge in [-0.15, -0.1) is 0 Å². The molecule has 1 aromatic heterocycles. The number of hydrogen-bond acceptors (Lipinski definition) is 5. The van der Waals surface area contributed by atoms with Gasteiger partial charge < -0.3 is 9.64 Å². The number of nitrogens with zero attached hydrogens (tertiary/aromatic N) is 3. The summed E-state index contributed by atoms with van der Waals surface area (Å²) >= 11 is 6.07. The molecule has 1 aliphatic rings. The predicted octanol–water partition coefficient (Wildman–Crippen LogP) is 3.86. The number of halogens is 1. The molecule has 0 aliphatic carbocycles. The Morgan fingerprint density at radius 1 is 0.971 bits per heavy atom. The highest BCUT2D eigenvalue weighted by Gasteiger charge is 2.30. The second kappa shape index (κ2) is 10.8. The number of aromatic nitrogens is 1. The maximum atomic E-state index is 12.9. The molecule has 34 heavy (non-hydrogen) atoms. The van der Waals surface area contributed by atoms with Crippen LogP contribution in [-0.2, 0) is 21.4 Å². The molecule has 3 aromatic rings. The number of carbonyl (C=O) groups is 1. The minimum Gasteiger partial charge on any atom is -0.487 e. The molecule has 0 radical (unpaired) electrons. The monoisotopic (exact) mass is 497 g/mol. The number of carbonyl (C=O) groups excluding carboxylic acids is 1. The van der Waals surface area contributed by atoms with Crippen molar-refractivity contribution < 1.29 is 17.9 Å². The first-order valence-electron chi connectivity index (χ1n) is 10.8. The second-order valence-electron chi connectivity index (χ2n) is 7.67. The third-order valence-electron chi connectivity index (χ3n) is 5.42. The van der Waals surface area contributed by atoms with Crippen molar-refractivity contribution in [2.45, 2.75) is 11.5 Å². The molecule has 1 saturated heterocycles. The van der Waals surface area contributed by atoms with Crippen molar-refractivity contribution in [2.75, 3.05) is 26.2 Å². The number of pyridine rings is 1.